The number of nitrogens with two attached hydrogens (primary N) is 1. The van der Waals surface area contributed by atoms with E-state index < -0.39 is 5.82 Å². The van der Waals surface area contributed by atoms with Crippen molar-refractivity contribution < 1.29 is 9.50 Å². The maximum Gasteiger partial charge on any atom is 0.159 e. The number of anilines is 1. The average Bonchev–Trinajstić information content (AvgIpc) is 3.33. The Morgan fingerprint density at radius 2 is 1.97 bits per heavy atom. The quantitative estimate of drug-likeness (QED) is 0.355. The van der Waals surface area contributed by atoms with Gasteiger partial charge in [-0.2, -0.15) is 5.10 Å². The summed E-state index contributed by atoms with van der Waals surface area (Å²) in [6.07, 6.45) is 3.36. The number of nitrogens with one attached hydrogen (secondary N) is 2. The first kappa shape index (κ1) is 17.8. The number of aromatic nitrogens is 6. The number of hydrogen-bond donors (Lipinski definition) is 4. The van der Waals surface area contributed by atoms with E-state index in [1.54, 1.807) is 18.5 Å². The second-order valence-corrected chi connectivity index (χ2v) is 7.66. The van der Waals surface area contributed by atoms with Gasteiger partial charge >= 0.3 is 0 Å². The van der Waals surface area contributed by atoms with Crippen LogP contribution in [0.15, 0.2) is 42.7 Å². The Morgan fingerprint density at radius 3 is 2.77 bits per heavy atom. The Hall–Kier alpha value is -4.05. The number of halogens is 1. The summed E-state index contributed by atoms with van der Waals surface area (Å²) in [7, 11) is 0. The van der Waals surface area contributed by atoms with Gasteiger partial charge in [0.2, 0.25) is 0 Å². The number of aromatic hydroxyl groups is 1. The van der Waals surface area contributed by atoms with E-state index in [4.69, 9.17) is 10.7 Å². The molecule has 0 unspecified atom stereocenters. The minimum absolute atomic E-state index is 0.171. The molecule has 1 aliphatic heterocycles. The van der Waals surface area contributed by atoms with Crippen LogP contribution in [0.5, 0.6) is 5.75 Å². The fraction of sp³-hybridized carbons (Fsp3) is 0.143. The number of rotatable bonds is 3. The van der Waals surface area contributed by atoms with Crippen molar-refractivity contribution in [1.82, 2.24) is 30.1 Å². The summed E-state index contributed by atoms with van der Waals surface area (Å²) in [6, 6.07) is 7.75. The molecule has 31 heavy (non-hydrogen) atoms. The molecule has 5 N–H and O–H groups in total. The monoisotopic (exact) mass is 416 g/mol. The highest BCUT2D eigenvalue weighted by molar-refractivity contribution is 5.96. The van der Waals surface area contributed by atoms with Gasteiger partial charge in [0.15, 0.2) is 5.82 Å². The van der Waals surface area contributed by atoms with Gasteiger partial charge in [0.05, 0.1) is 22.9 Å². The van der Waals surface area contributed by atoms with Crippen molar-refractivity contribution in [2.45, 2.75) is 6.04 Å². The largest absolute Gasteiger partial charge is 0.508 e. The third-order valence-corrected chi connectivity index (χ3v) is 5.45. The minimum atomic E-state index is -0.548. The second-order valence-electron chi connectivity index (χ2n) is 7.66. The van der Waals surface area contributed by atoms with E-state index in [9.17, 15) is 9.50 Å². The van der Waals surface area contributed by atoms with E-state index in [-0.39, 0.29) is 11.8 Å². The molecule has 0 bridgehead atoms. The van der Waals surface area contributed by atoms with Gasteiger partial charge in [-0.1, -0.05) is 0 Å². The molecule has 1 saturated heterocycles. The lowest BCUT2D eigenvalue weighted by Crippen LogP contribution is -2.56. The topological polar surface area (TPSA) is 133 Å². The lowest BCUT2D eigenvalue weighted by atomic mass is 10.1. The molecule has 5 heterocycles. The molecule has 0 aliphatic carbocycles. The molecule has 1 fully saturated rings. The van der Waals surface area contributed by atoms with Crippen molar-refractivity contribution in [2.75, 3.05) is 18.0 Å². The van der Waals surface area contributed by atoms with Crippen LogP contribution in [0.1, 0.15) is 0 Å². The zero-order valence-electron chi connectivity index (χ0n) is 16.2. The van der Waals surface area contributed by atoms with Crippen molar-refractivity contribution in [2.24, 2.45) is 5.73 Å². The van der Waals surface area contributed by atoms with Crippen LogP contribution in [0.25, 0.3) is 44.7 Å². The van der Waals surface area contributed by atoms with Crippen molar-refractivity contribution in [3.8, 4) is 28.5 Å². The van der Waals surface area contributed by atoms with E-state index in [1.807, 2.05) is 6.07 Å². The van der Waals surface area contributed by atoms with Gasteiger partial charge in [-0.05, 0) is 24.3 Å². The summed E-state index contributed by atoms with van der Waals surface area (Å²) in [4.78, 5) is 18.9. The van der Waals surface area contributed by atoms with Crippen LogP contribution in [-0.4, -0.2) is 54.4 Å². The number of H-pyrrole nitrogens is 2. The van der Waals surface area contributed by atoms with Crippen LogP contribution in [0.4, 0.5) is 10.2 Å². The summed E-state index contributed by atoms with van der Waals surface area (Å²) in [5, 5.41) is 18.1. The lowest BCUT2D eigenvalue weighted by Gasteiger charge is -2.37. The van der Waals surface area contributed by atoms with Crippen molar-refractivity contribution in [3.63, 3.8) is 0 Å². The van der Waals surface area contributed by atoms with Crippen LogP contribution in [-0.2, 0) is 0 Å². The molecule has 9 nitrogen and oxygen atoms in total. The molecule has 10 heteroatoms. The predicted octanol–water partition coefficient (Wildman–Crippen LogP) is 2.56. The van der Waals surface area contributed by atoms with Gasteiger partial charge in [-0.3, -0.25) is 10.1 Å². The number of pyridine rings is 2. The summed E-state index contributed by atoms with van der Waals surface area (Å²) in [6.45, 7) is 1.54. The number of benzene rings is 1. The number of fused-ring (bicyclic) bond motifs is 2. The predicted molar refractivity (Wildman–Crippen MR) is 114 cm³/mol. The molecule has 0 saturated carbocycles. The Morgan fingerprint density at radius 1 is 1.10 bits per heavy atom. The Bertz CT molecular complexity index is 1430. The second kappa shape index (κ2) is 6.47. The van der Waals surface area contributed by atoms with Crippen molar-refractivity contribution in [1.29, 1.82) is 0 Å². The molecule has 1 aromatic carbocycles. The van der Waals surface area contributed by atoms with Crippen LogP contribution < -0.4 is 10.6 Å². The SMILES string of the molecule is NC1CN(c2cc3c(-c4nc5c(-c6cc(O)cc(F)c6)nccc5[nH]4)n[nH]c3cn2)C1. The number of phenols is 1. The number of nitrogens with zero attached hydrogens (tertiary/aromatic N) is 5. The first-order valence-corrected chi connectivity index (χ1v) is 9.75. The molecule has 0 radical (unpaired) electrons. The van der Waals surface area contributed by atoms with Crippen LogP contribution >= 0.6 is 0 Å². The molecular weight excluding hydrogens is 399 g/mol. The average molecular weight is 416 g/mol. The first-order valence-electron chi connectivity index (χ1n) is 9.75. The molecule has 6 rings (SSSR count). The van der Waals surface area contributed by atoms with Gasteiger partial charge in [-0.15, -0.1) is 0 Å². The Kier molecular flexibility index (Phi) is 3.71. The first-order chi connectivity index (χ1) is 15.0. The Labute approximate surface area is 174 Å². The zero-order chi connectivity index (χ0) is 21.1. The highest BCUT2D eigenvalue weighted by Crippen LogP contribution is 2.32. The normalized spacial score (nSPS) is 14.5. The lowest BCUT2D eigenvalue weighted by molar-refractivity contribution is 0.469. The molecule has 154 valence electrons. The standard InChI is InChI=1S/C21H17FN8O/c22-11-3-10(4-13(31)5-11)18-20-15(1-2-24-18)26-21(27-20)19-14-6-17(30-8-12(23)9-30)25-7-16(14)28-29-19/h1-7,12,31H,8-9,23H2,(H,26,27)(H,28,29). The molecule has 0 atom stereocenters. The zero-order valence-corrected chi connectivity index (χ0v) is 16.2. The van der Waals surface area contributed by atoms with Crippen LogP contribution in [0.2, 0.25) is 0 Å². The number of imidazole rings is 1. The molecular formula is C21H17FN8O. The van der Waals surface area contributed by atoms with Crippen LogP contribution in [0.3, 0.4) is 0 Å². The van der Waals surface area contributed by atoms with E-state index >= 15 is 0 Å². The number of aromatic amines is 2. The summed E-state index contributed by atoms with van der Waals surface area (Å²) in [5.41, 5.74) is 9.52. The van der Waals surface area contributed by atoms with E-state index in [1.165, 1.54) is 12.1 Å². The van der Waals surface area contributed by atoms with Gasteiger partial charge in [-0.25, -0.2) is 14.4 Å². The van der Waals surface area contributed by atoms with E-state index in [0.717, 1.165) is 41.4 Å². The smallest absolute Gasteiger partial charge is 0.159 e. The highest BCUT2D eigenvalue weighted by atomic mass is 19.1. The fourth-order valence-electron chi connectivity index (χ4n) is 3.93. The molecule has 4 aromatic heterocycles. The van der Waals surface area contributed by atoms with Crippen molar-refractivity contribution in [3.05, 3.63) is 48.5 Å². The molecule has 1 aliphatic rings. The minimum Gasteiger partial charge on any atom is -0.508 e. The molecule has 5 aromatic rings. The summed E-state index contributed by atoms with van der Waals surface area (Å²) >= 11 is 0. The fourth-order valence-corrected chi connectivity index (χ4v) is 3.93. The summed E-state index contributed by atoms with van der Waals surface area (Å²) in [5.74, 6) is 0.668. The third-order valence-electron chi connectivity index (χ3n) is 5.45. The summed E-state index contributed by atoms with van der Waals surface area (Å²) < 4.78 is 13.8. The van der Waals surface area contributed by atoms with E-state index in [2.05, 4.69) is 30.0 Å². The van der Waals surface area contributed by atoms with Gasteiger partial charge in [0.25, 0.3) is 0 Å². The van der Waals surface area contributed by atoms with E-state index in [0.29, 0.717) is 28.3 Å². The van der Waals surface area contributed by atoms with Gasteiger partial charge < -0.3 is 20.7 Å². The Balaban J connectivity index is 1.48. The number of phenolic OH excluding ortho intramolecular Hbond substituents is 1. The van der Waals surface area contributed by atoms with Gasteiger partial charge in [0.1, 0.15) is 28.6 Å². The molecule has 0 spiro atoms. The third kappa shape index (κ3) is 2.88. The maximum atomic E-state index is 13.8. The molecule has 0 amide bonds. The van der Waals surface area contributed by atoms with Crippen LogP contribution in [0, 0.1) is 5.82 Å². The number of hydrogen-bond acceptors (Lipinski definition) is 7. The van der Waals surface area contributed by atoms with Gasteiger partial charge in [0, 0.05) is 42.3 Å². The highest BCUT2D eigenvalue weighted by Gasteiger charge is 2.25. The maximum absolute atomic E-state index is 13.8. The van der Waals surface area contributed by atoms with Crippen molar-refractivity contribution >= 4 is 27.8 Å².